The first-order valence-electron chi connectivity index (χ1n) is 7.55. The highest BCUT2D eigenvalue weighted by Crippen LogP contribution is 2.32. The van der Waals surface area contributed by atoms with Crippen LogP contribution in [0.3, 0.4) is 0 Å². The fraction of sp³-hybridized carbons (Fsp3) is 0.500. The Kier molecular flexibility index (Phi) is 4.77. The third kappa shape index (κ3) is 3.63. The Labute approximate surface area is 138 Å². The average Bonchev–Trinajstić information content (AvgIpc) is 2.65. The predicted molar refractivity (Wildman–Crippen MR) is 85.0 cm³/mol. The molecule has 24 heavy (non-hydrogen) atoms. The average molecular weight is 343 g/mol. The molecule has 0 saturated carbocycles. The molecule has 5 nitrogen and oxygen atoms in total. The molecule has 0 saturated heterocycles. The first-order chi connectivity index (χ1) is 11.0. The fourth-order valence-electron chi connectivity index (χ4n) is 2.68. The number of carbonyl (C=O) groups is 2. The van der Waals surface area contributed by atoms with E-state index in [9.17, 15) is 22.8 Å². The molecule has 8 heteroatoms. The normalized spacial score (nSPS) is 15.6. The zero-order valence-electron chi connectivity index (χ0n) is 13.8. The summed E-state index contributed by atoms with van der Waals surface area (Å²) in [6.45, 7) is 3.63. The van der Waals surface area contributed by atoms with Crippen LogP contribution in [0.5, 0.6) is 0 Å². The van der Waals surface area contributed by atoms with Crippen LogP contribution in [-0.4, -0.2) is 43.7 Å². The van der Waals surface area contributed by atoms with Crippen molar-refractivity contribution in [1.29, 1.82) is 0 Å². The van der Waals surface area contributed by atoms with E-state index in [0.717, 1.165) is 12.2 Å². The molecule has 0 spiro atoms. The molecule has 0 atom stereocenters. The van der Waals surface area contributed by atoms with Gasteiger partial charge < -0.3 is 15.1 Å². The number of nitrogens with zero attached hydrogens (tertiary/aromatic N) is 2. The summed E-state index contributed by atoms with van der Waals surface area (Å²) >= 11 is 0. The van der Waals surface area contributed by atoms with Gasteiger partial charge in [-0.2, -0.15) is 13.2 Å². The number of halogens is 3. The van der Waals surface area contributed by atoms with Gasteiger partial charge in [-0.25, -0.2) is 0 Å². The van der Waals surface area contributed by atoms with E-state index in [-0.39, 0.29) is 0 Å². The van der Waals surface area contributed by atoms with Crippen molar-refractivity contribution in [2.75, 3.05) is 29.9 Å². The van der Waals surface area contributed by atoms with Crippen LogP contribution in [0.15, 0.2) is 24.3 Å². The minimum Gasteiger partial charge on any atom is -0.373 e. The topological polar surface area (TPSA) is 52.6 Å². The SMILES string of the molecule is CN1CCCN(C(=O)C(C)(C)NC(=O)C(F)(F)F)c2ccccc21. The maximum Gasteiger partial charge on any atom is 0.471 e. The van der Waals surface area contributed by atoms with Gasteiger partial charge in [0.25, 0.3) is 5.91 Å². The van der Waals surface area contributed by atoms with Crippen LogP contribution in [0.1, 0.15) is 20.3 Å². The summed E-state index contributed by atoms with van der Waals surface area (Å²) in [7, 11) is 1.89. The van der Waals surface area contributed by atoms with Crippen molar-refractivity contribution in [3.05, 3.63) is 24.3 Å². The molecule has 1 heterocycles. The standard InChI is InChI=1S/C16H20F3N3O2/c1-15(2,20-13(23)16(17,18)19)14(24)22-10-6-9-21(3)11-7-4-5-8-12(11)22/h4-5,7-8H,6,9-10H2,1-3H3,(H,20,23). The van der Waals surface area contributed by atoms with Gasteiger partial charge in [-0.1, -0.05) is 12.1 Å². The second-order valence-electron chi connectivity index (χ2n) is 6.30. The molecule has 132 valence electrons. The van der Waals surface area contributed by atoms with Gasteiger partial charge in [-0.3, -0.25) is 9.59 Å². The zero-order chi connectivity index (χ0) is 18.1. The molecule has 0 unspecified atom stereocenters. The maximum atomic E-state index is 12.8. The molecule has 0 radical (unpaired) electrons. The molecule has 0 aromatic heterocycles. The number of fused-ring (bicyclic) bond motifs is 1. The van der Waals surface area contributed by atoms with E-state index in [2.05, 4.69) is 0 Å². The first kappa shape index (κ1) is 18.1. The first-order valence-corrected chi connectivity index (χ1v) is 7.55. The lowest BCUT2D eigenvalue weighted by Gasteiger charge is -2.33. The molecular formula is C16H20F3N3O2. The van der Waals surface area contributed by atoms with E-state index in [1.54, 1.807) is 17.4 Å². The van der Waals surface area contributed by atoms with Crippen molar-refractivity contribution in [3.63, 3.8) is 0 Å². The Morgan fingerprint density at radius 1 is 1.08 bits per heavy atom. The molecular weight excluding hydrogens is 323 g/mol. The number of hydrogen-bond acceptors (Lipinski definition) is 3. The molecule has 1 N–H and O–H groups in total. The van der Waals surface area contributed by atoms with E-state index in [4.69, 9.17) is 0 Å². The summed E-state index contributed by atoms with van der Waals surface area (Å²) in [5.74, 6) is -2.70. The molecule has 1 aromatic carbocycles. The van der Waals surface area contributed by atoms with E-state index in [0.29, 0.717) is 18.7 Å². The Balaban J connectivity index is 2.31. The quantitative estimate of drug-likeness (QED) is 0.897. The van der Waals surface area contributed by atoms with Crippen LogP contribution in [0.2, 0.25) is 0 Å². The van der Waals surface area contributed by atoms with Crippen molar-refractivity contribution in [2.24, 2.45) is 0 Å². The minimum absolute atomic E-state index is 0.367. The molecule has 2 rings (SSSR count). The van der Waals surface area contributed by atoms with Crippen LogP contribution in [-0.2, 0) is 9.59 Å². The van der Waals surface area contributed by atoms with Gasteiger partial charge >= 0.3 is 12.1 Å². The summed E-state index contributed by atoms with van der Waals surface area (Å²) in [6.07, 6.45) is -4.37. The Morgan fingerprint density at radius 3 is 2.25 bits per heavy atom. The van der Waals surface area contributed by atoms with Crippen molar-refractivity contribution in [3.8, 4) is 0 Å². The second-order valence-corrected chi connectivity index (χ2v) is 6.30. The van der Waals surface area contributed by atoms with E-state index < -0.39 is 23.5 Å². The van der Waals surface area contributed by atoms with Gasteiger partial charge in [0.15, 0.2) is 0 Å². The monoisotopic (exact) mass is 343 g/mol. The smallest absolute Gasteiger partial charge is 0.373 e. The number of nitrogens with one attached hydrogen (secondary N) is 1. The number of alkyl halides is 3. The summed E-state index contributed by atoms with van der Waals surface area (Å²) in [6, 6.07) is 7.19. The van der Waals surface area contributed by atoms with Crippen LogP contribution < -0.4 is 15.1 Å². The lowest BCUT2D eigenvalue weighted by Crippen LogP contribution is -2.58. The van der Waals surface area contributed by atoms with Crippen molar-refractivity contribution in [1.82, 2.24) is 5.32 Å². The van der Waals surface area contributed by atoms with Crippen LogP contribution in [0.4, 0.5) is 24.5 Å². The van der Waals surface area contributed by atoms with Gasteiger partial charge in [0.1, 0.15) is 5.54 Å². The number of hydrogen-bond donors (Lipinski definition) is 1. The highest BCUT2D eigenvalue weighted by Gasteiger charge is 2.44. The lowest BCUT2D eigenvalue weighted by atomic mass is 10.0. The molecule has 1 aromatic rings. The number of amides is 2. The summed E-state index contributed by atoms with van der Waals surface area (Å²) in [5.41, 5.74) is -0.235. The highest BCUT2D eigenvalue weighted by atomic mass is 19.4. The number of carbonyl (C=O) groups excluding carboxylic acids is 2. The molecule has 0 aliphatic carbocycles. The Bertz CT molecular complexity index is 644. The van der Waals surface area contributed by atoms with E-state index >= 15 is 0 Å². The lowest BCUT2D eigenvalue weighted by molar-refractivity contribution is -0.175. The third-order valence-corrected chi connectivity index (χ3v) is 3.92. The number of benzene rings is 1. The Hall–Kier alpha value is -2.25. The summed E-state index contributed by atoms with van der Waals surface area (Å²) in [4.78, 5) is 27.5. The number of para-hydroxylation sites is 2. The summed E-state index contributed by atoms with van der Waals surface area (Å²) < 4.78 is 37.5. The maximum absolute atomic E-state index is 12.8. The summed E-state index contributed by atoms with van der Waals surface area (Å²) in [5, 5.41) is 1.79. The van der Waals surface area contributed by atoms with Crippen molar-refractivity contribution < 1.29 is 22.8 Å². The van der Waals surface area contributed by atoms with Gasteiger partial charge in [-0.15, -0.1) is 0 Å². The van der Waals surface area contributed by atoms with E-state index in [1.165, 1.54) is 18.7 Å². The van der Waals surface area contributed by atoms with Crippen molar-refractivity contribution in [2.45, 2.75) is 32.0 Å². The molecule has 1 aliphatic rings. The molecule has 1 aliphatic heterocycles. The van der Waals surface area contributed by atoms with Crippen LogP contribution in [0, 0.1) is 0 Å². The second kappa shape index (κ2) is 6.33. The van der Waals surface area contributed by atoms with Crippen molar-refractivity contribution >= 4 is 23.2 Å². The fourth-order valence-corrected chi connectivity index (χ4v) is 2.68. The predicted octanol–water partition coefficient (Wildman–Crippen LogP) is 2.32. The Morgan fingerprint density at radius 2 is 1.67 bits per heavy atom. The van der Waals surface area contributed by atoms with Crippen LogP contribution >= 0.6 is 0 Å². The minimum atomic E-state index is -5.03. The van der Waals surface area contributed by atoms with E-state index in [1.807, 2.05) is 24.1 Å². The van der Waals surface area contributed by atoms with Gasteiger partial charge in [0.2, 0.25) is 0 Å². The number of rotatable bonds is 2. The molecule has 2 amide bonds. The third-order valence-electron chi connectivity index (χ3n) is 3.92. The highest BCUT2D eigenvalue weighted by molar-refractivity contribution is 6.04. The molecule has 0 bridgehead atoms. The molecule has 0 fully saturated rings. The largest absolute Gasteiger partial charge is 0.471 e. The number of anilines is 2. The van der Waals surface area contributed by atoms with Gasteiger partial charge in [0.05, 0.1) is 11.4 Å². The van der Waals surface area contributed by atoms with Crippen LogP contribution in [0.25, 0.3) is 0 Å². The zero-order valence-corrected chi connectivity index (χ0v) is 13.8. The van der Waals surface area contributed by atoms with Gasteiger partial charge in [-0.05, 0) is 32.4 Å². The van der Waals surface area contributed by atoms with Gasteiger partial charge in [0, 0.05) is 20.1 Å².